The number of hydrogen-bond donors (Lipinski definition) is 1. The minimum atomic E-state index is -0.502. The van der Waals surface area contributed by atoms with Gasteiger partial charge in [0, 0.05) is 55.8 Å². The number of methoxy groups -OCH3 is 1. The fourth-order valence-corrected chi connectivity index (χ4v) is 3.54. The molecule has 1 saturated heterocycles. The van der Waals surface area contributed by atoms with Crippen molar-refractivity contribution >= 4 is 11.6 Å². The van der Waals surface area contributed by atoms with Crippen molar-refractivity contribution in [1.82, 2.24) is 14.5 Å². The van der Waals surface area contributed by atoms with Crippen LogP contribution < -0.4 is 20.5 Å². The molecule has 2 aromatic heterocycles. The molecule has 8 heteroatoms. The van der Waals surface area contributed by atoms with E-state index in [1.807, 2.05) is 29.2 Å². The van der Waals surface area contributed by atoms with E-state index in [2.05, 4.69) is 15.3 Å². The summed E-state index contributed by atoms with van der Waals surface area (Å²) in [5, 5.41) is 3.50. The number of anilines is 2. The van der Waals surface area contributed by atoms with E-state index in [0.717, 1.165) is 30.6 Å². The predicted molar refractivity (Wildman–Crippen MR) is 110 cm³/mol. The van der Waals surface area contributed by atoms with E-state index in [1.54, 1.807) is 14.2 Å². The molecule has 1 aliphatic rings. The molecule has 0 spiro atoms. The van der Waals surface area contributed by atoms with E-state index in [1.165, 1.54) is 22.9 Å². The first-order valence-electron chi connectivity index (χ1n) is 9.38. The number of benzene rings is 1. The van der Waals surface area contributed by atoms with E-state index in [0.29, 0.717) is 18.2 Å². The van der Waals surface area contributed by atoms with Crippen LogP contribution in [0, 0.1) is 5.82 Å². The molecule has 1 N–H and O–H groups in total. The summed E-state index contributed by atoms with van der Waals surface area (Å²) in [6.45, 7) is 1.42. The molecule has 3 aromatic rings. The number of rotatable bonds is 5. The maximum absolute atomic E-state index is 14.1. The first kappa shape index (κ1) is 18.9. The zero-order valence-corrected chi connectivity index (χ0v) is 16.3. The quantitative estimate of drug-likeness (QED) is 0.716. The summed E-state index contributed by atoms with van der Waals surface area (Å²) in [5.41, 5.74) is 1.33. The van der Waals surface area contributed by atoms with Gasteiger partial charge in [0.05, 0.1) is 19.0 Å². The van der Waals surface area contributed by atoms with Crippen LogP contribution in [-0.2, 0) is 7.05 Å². The maximum Gasteiger partial charge on any atom is 0.255 e. The molecule has 1 unspecified atom stereocenters. The Kier molecular flexibility index (Phi) is 5.16. The third kappa shape index (κ3) is 3.91. The van der Waals surface area contributed by atoms with Crippen LogP contribution in [0.4, 0.5) is 16.0 Å². The van der Waals surface area contributed by atoms with E-state index in [9.17, 15) is 9.18 Å². The third-order valence-corrected chi connectivity index (χ3v) is 5.07. The highest BCUT2D eigenvalue weighted by molar-refractivity contribution is 5.60. The van der Waals surface area contributed by atoms with Gasteiger partial charge in [-0.1, -0.05) is 6.07 Å². The summed E-state index contributed by atoms with van der Waals surface area (Å²) in [7, 11) is 3.32. The molecule has 1 atom stereocenters. The number of nitrogens with zero attached hydrogens (tertiary/aromatic N) is 4. The molecular weight excluding hydrogens is 373 g/mol. The van der Waals surface area contributed by atoms with Crippen LogP contribution in [0.15, 0.2) is 53.6 Å². The van der Waals surface area contributed by atoms with Gasteiger partial charge in [-0.15, -0.1) is 0 Å². The van der Waals surface area contributed by atoms with Crippen molar-refractivity contribution in [2.45, 2.75) is 12.5 Å². The smallest absolute Gasteiger partial charge is 0.255 e. The fraction of sp³-hybridized carbons (Fsp3) is 0.286. The highest BCUT2D eigenvalue weighted by atomic mass is 19.1. The van der Waals surface area contributed by atoms with Gasteiger partial charge in [0.2, 0.25) is 5.95 Å². The number of ether oxygens (including phenoxy) is 1. The van der Waals surface area contributed by atoms with Gasteiger partial charge < -0.3 is 15.0 Å². The van der Waals surface area contributed by atoms with Crippen LogP contribution in [0.3, 0.4) is 0 Å². The lowest BCUT2D eigenvalue weighted by Crippen LogP contribution is -2.32. The summed E-state index contributed by atoms with van der Waals surface area (Å²) < 4.78 is 20.9. The molecule has 7 nitrogen and oxygen atoms in total. The van der Waals surface area contributed by atoms with E-state index in [4.69, 9.17) is 4.74 Å². The van der Waals surface area contributed by atoms with Gasteiger partial charge in [-0.05, 0) is 24.6 Å². The largest absolute Gasteiger partial charge is 0.497 e. The topological polar surface area (TPSA) is 72.3 Å². The molecule has 3 heterocycles. The van der Waals surface area contributed by atoms with E-state index < -0.39 is 5.82 Å². The molecule has 0 saturated carbocycles. The van der Waals surface area contributed by atoms with E-state index >= 15 is 0 Å². The van der Waals surface area contributed by atoms with Crippen LogP contribution in [0.2, 0.25) is 0 Å². The zero-order valence-electron chi connectivity index (χ0n) is 16.3. The van der Waals surface area contributed by atoms with Gasteiger partial charge >= 0.3 is 0 Å². The Bertz CT molecular complexity index is 1080. The van der Waals surface area contributed by atoms with Gasteiger partial charge in [0.1, 0.15) is 5.75 Å². The Morgan fingerprint density at radius 2 is 2.14 bits per heavy atom. The third-order valence-electron chi connectivity index (χ3n) is 5.07. The van der Waals surface area contributed by atoms with Gasteiger partial charge in [-0.25, -0.2) is 9.37 Å². The molecule has 0 amide bonds. The minimum Gasteiger partial charge on any atom is -0.497 e. The van der Waals surface area contributed by atoms with Crippen molar-refractivity contribution in [2.75, 3.05) is 30.4 Å². The van der Waals surface area contributed by atoms with Crippen molar-refractivity contribution in [2.24, 2.45) is 7.05 Å². The Balaban J connectivity index is 1.57. The van der Waals surface area contributed by atoms with Gasteiger partial charge in [-0.3, -0.25) is 14.3 Å². The number of nitrogens with one attached hydrogen (secondary N) is 1. The Labute approximate surface area is 167 Å². The molecule has 0 aliphatic carbocycles. The second-order valence-electron chi connectivity index (χ2n) is 7.00. The molecule has 0 radical (unpaired) electrons. The number of hydrogen-bond acceptors (Lipinski definition) is 6. The lowest BCUT2D eigenvalue weighted by atomic mass is 10.2. The van der Waals surface area contributed by atoms with Crippen molar-refractivity contribution in [1.29, 1.82) is 0 Å². The first-order chi connectivity index (χ1) is 14.0. The zero-order chi connectivity index (χ0) is 20.4. The van der Waals surface area contributed by atoms with Crippen LogP contribution in [0.5, 0.6) is 5.75 Å². The molecule has 1 fully saturated rings. The first-order valence-corrected chi connectivity index (χ1v) is 9.38. The Morgan fingerprint density at radius 1 is 1.28 bits per heavy atom. The van der Waals surface area contributed by atoms with Crippen molar-refractivity contribution < 1.29 is 9.13 Å². The Hall–Kier alpha value is -3.42. The maximum atomic E-state index is 14.1. The molecule has 29 heavy (non-hydrogen) atoms. The average molecular weight is 395 g/mol. The SMILES string of the molecule is COc1cccc(NC2CCN(c3nc(-c4ccncc4F)cc(=O)n3C)C2)c1. The van der Waals surface area contributed by atoms with E-state index in [-0.39, 0.29) is 17.2 Å². The van der Waals surface area contributed by atoms with Crippen molar-refractivity contribution in [3.63, 3.8) is 0 Å². The second-order valence-corrected chi connectivity index (χ2v) is 7.00. The molecule has 1 aliphatic heterocycles. The van der Waals surface area contributed by atoms with Crippen LogP contribution >= 0.6 is 0 Å². The van der Waals surface area contributed by atoms with Gasteiger partial charge in [0.15, 0.2) is 5.82 Å². The van der Waals surface area contributed by atoms with Crippen molar-refractivity contribution in [3.05, 3.63) is 65.0 Å². The van der Waals surface area contributed by atoms with Crippen molar-refractivity contribution in [3.8, 4) is 17.0 Å². The second kappa shape index (κ2) is 7.90. The summed E-state index contributed by atoms with van der Waals surface area (Å²) in [4.78, 5) is 22.9. The number of pyridine rings is 1. The number of aromatic nitrogens is 3. The molecular formula is C21H22FN5O2. The molecule has 1 aromatic carbocycles. The van der Waals surface area contributed by atoms with Crippen LogP contribution in [0.1, 0.15) is 6.42 Å². The minimum absolute atomic E-state index is 0.195. The molecule has 4 rings (SSSR count). The van der Waals surface area contributed by atoms with Crippen LogP contribution in [-0.4, -0.2) is 40.8 Å². The highest BCUT2D eigenvalue weighted by Gasteiger charge is 2.26. The Morgan fingerprint density at radius 3 is 2.93 bits per heavy atom. The van der Waals surface area contributed by atoms with Gasteiger partial charge in [-0.2, -0.15) is 0 Å². The average Bonchev–Trinajstić information content (AvgIpc) is 3.18. The predicted octanol–water partition coefficient (Wildman–Crippen LogP) is 2.68. The fourth-order valence-electron chi connectivity index (χ4n) is 3.54. The molecule has 150 valence electrons. The lowest BCUT2D eigenvalue weighted by molar-refractivity contribution is 0.415. The monoisotopic (exact) mass is 395 g/mol. The number of halogens is 1. The molecule has 0 bridgehead atoms. The highest BCUT2D eigenvalue weighted by Crippen LogP contribution is 2.25. The summed E-state index contributed by atoms with van der Waals surface area (Å²) in [6, 6.07) is 10.8. The van der Waals surface area contributed by atoms with Gasteiger partial charge in [0.25, 0.3) is 5.56 Å². The normalized spacial score (nSPS) is 16.1. The summed E-state index contributed by atoms with van der Waals surface area (Å²) in [6.07, 6.45) is 3.50. The standard InChI is InChI=1S/C21H22FN5O2/c1-26-20(28)11-19(17-6-8-23-12-18(17)22)25-21(26)27-9-7-15(13-27)24-14-4-3-5-16(10-14)29-2/h3-6,8,10-12,15,24H,7,9,13H2,1-2H3. The summed E-state index contributed by atoms with van der Waals surface area (Å²) in [5.74, 6) is 0.817. The van der Waals surface area contributed by atoms with Crippen LogP contribution in [0.25, 0.3) is 11.3 Å². The summed E-state index contributed by atoms with van der Waals surface area (Å²) >= 11 is 0. The lowest BCUT2D eigenvalue weighted by Gasteiger charge is -2.21.